The van der Waals surface area contributed by atoms with Crippen molar-refractivity contribution in [1.29, 1.82) is 0 Å². The molecule has 1 N–H and O–H groups in total. The quantitative estimate of drug-likeness (QED) is 0.667. The van der Waals surface area contributed by atoms with Gasteiger partial charge in [0, 0.05) is 11.3 Å². The smallest absolute Gasteiger partial charge is 0.259 e. The third kappa shape index (κ3) is 3.97. The van der Waals surface area contributed by atoms with E-state index in [2.05, 4.69) is 10.4 Å². The Morgan fingerprint density at radius 3 is 2.41 bits per heavy atom. The maximum absolute atomic E-state index is 12.9. The Kier molecular flexibility index (Phi) is 5.21. The third-order valence-electron chi connectivity index (χ3n) is 4.40. The van der Waals surface area contributed by atoms with Gasteiger partial charge in [-0.2, -0.15) is 5.10 Å². The fourth-order valence-electron chi connectivity index (χ4n) is 2.99. The van der Waals surface area contributed by atoms with Crippen LogP contribution in [0.2, 0.25) is 0 Å². The summed E-state index contributed by atoms with van der Waals surface area (Å²) in [6.45, 7) is 7.61. The van der Waals surface area contributed by atoms with Gasteiger partial charge in [-0.1, -0.05) is 43.7 Å². The molecule has 0 aliphatic carbocycles. The van der Waals surface area contributed by atoms with Crippen LogP contribution in [0.5, 0.6) is 0 Å². The number of carbonyl (C=O) groups is 2. The number of benzene rings is 2. The summed E-state index contributed by atoms with van der Waals surface area (Å²) in [5.74, 6) is -0.169. The molecular weight excluding hydrogens is 338 g/mol. The molecule has 0 spiro atoms. The molecule has 138 valence electrons. The normalized spacial score (nSPS) is 10.9. The van der Waals surface area contributed by atoms with Crippen LogP contribution in [0, 0.1) is 6.92 Å². The number of nitrogens with one attached hydrogen (secondary N) is 1. The zero-order valence-corrected chi connectivity index (χ0v) is 16.0. The highest BCUT2D eigenvalue weighted by molar-refractivity contribution is 6.06. The first-order chi connectivity index (χ1) is 12.9. The van der Waals surface area contributed by atoms with E-state index in [9.17, 15) is 9.59 Å². The van der Waals surface area contributed by atoms with Crippen molar-refractivity contribution < 1.29 is 9.59 Å². The van der Waals surface area contributed by atoms with Gasteiger partial charge in [0.25, 0.3) is 5.91 Å². The second-order valence-corrected chi connectivity index (χ2v) is 6.94. The maximum atomic E-state index is 12.9. The summed E-state index contributed by atoms with van der Waals surface area (Å²) >= 11 is 0. The van der Waals surface area contributed by atoms with Gasteiger partial charge in [-0.15, -0.1) is 0 Å². The molecule has 3 aromatic rings. The fraction of sp³-hybridized carbons (Fsp3) is 0.227. The molecule has 0 aliphatic heterocycles. The Hall–Kier alpha value is -3.21. The van der Waals surface area contributed by atoms with Crippen molar-refractivity contribution in [3.63, 3.8) is 0 Å². The molecule has 2 aromatic carbocycles. The number of nitrogens with zero attached hydrogens (tertiary/aromatic N) is 2. The van der Waals surface area contributed by atoms with Crippen LogP contribution >= 0.6 is 0 Å². The predicted octanol–water partition coefficient (Wildman–Crippen LogP) is 4.76. The van der Waals surface area contributed by atoms with Crippen LogP contribution < -0.4 is 5.32 Å². The van der Waals surface area contributed by atoms with Crippen LogP contribution in [0.15, 0.2) is 54.7 Å². The minimum Gasteiger partial charge on any atom is -0.322 e. The Morgan fingerprint density at radius 1 is 1.07 bits per heavy atom. The highest BCUT2D eigenvalue weighted by atomic mass is 16.1. The van der Waals surface area contributed by atoms with Crippen LogP contribution in [0.4, 0.5) is 5.69 Å². The molecule has 0 radical (unpaired) electrons. The molecule has 27 heavy (non-hydrogen) atoms. The van der Waals surface area contributed by atoms with E-state index in [1.807, 2.05) is 49.7 Å². The van der Waals surface area contributed by atoms with Crippen LogP contribution in [0.25, 0.3) is 5.69 Å². The molecule has 1 heterocycles. The summed E-state index contributed by atoms with van der Waals surface area (Å²) in [4.78, 5) is 24.4. The number of rotatable bonds is 5. The lowest BCUT2D eigenvalue weighted by Gasteiger charge is -2.13. The number of hydrogen-bond donors (Lipinski definition) is 1. The van der Waals surface area contributed by atoms with Crippen molar-refractivity contribution in [2.24, 2.45) is 0 Å². The topological polar surface area (TPSA) is 64.0 Å². The lowest BCUT2D eigenvalue weighted by Crippen LogP contribution is -2.15. The summed E-state index contributed by atoms with van der Waals surface area (Å²) in [5, 5.41) is 7.33. The molecule has 0 unspecified atom stereocenters. The number of ketones is 1. The third-order valence-corrected chi connectivity index (χ3v) is 4.40. The average Bonchev–Trinajstić information content (AvgIpc) is 3.08. The Bertz CT molecular complexity index is 985. The first kappa shape index (κ1) is 18.6. The zero-order chi connectivity index (χ0) is 19.6. The summed E-state index contributed by atoms with van der Waals surface area (Å²) in [6, 6.07) is 15.0. The van der Waals surface area contributed by atoms with E-state index >= 15 is 0 Å². The molecule has 0 atom stereocenters. The van der Waals surface area contributed by atoms with Gasteiger partial charge in [0.15, 0.2) is 5.78 Å². The SMILES string of the molecule is CC(=O)c1cccc(NC(=O)c2cnn(-c3ccc(C)cc3)c2C(C)C)c1. The van der Waals surface area contributed by atoms with Crippen LogP contribution in [-0.2, 0) is 0 Å². The van der Waals surface area contributed by atoms with E-state index in [1.54, 1.807) is 30.5 Å². The molecular formula is C22H23N3O2. The van der Waals surface area contributed by atoms with Crippen molar-refractivity contribution in [2.75, 3.05) is 5.32 Å². The Morgan fingerprint density at radius 2 is 1.78 bits per heavy atom. The molecule has 1 aromatic heterocycles. The number of anilines is 1. The van der Waals surface area contributed by atoms with Gasteiger partial charge in [-0.3, -0.25) is 9.59 Å². The highest BCUT2D eigenvalue weighted by Crippen LogP contribution is 2.24. The summed E-state index contributed by atoms with van der Waals surface area (Å²) in [6.07, 6.45) is 1.60. The summed E-state index contributed by atoms with van der Waals surface area (Å²) in [7, 11) is 0. The van der Waals surface area contributed by atoms with Crippen LogP contribution in [0.1, 0.15) is 58.7 Å². The monoisotopic (exact) mass is 361 g/mol. The molecule has 3 rings (SSSR count). The Labute approximate surface area is 159 Å². The van der Waals surface area contributed by atoms with Gasteiger partial charge in [0.2, 0.25) is 0 Å². The van der Waals surface area contributed by atoms with Gasteiger partial charge >= 0.3 is 0 Å². The van der Waals surface area contributed by atoms with E-state index in [0.717, 1.165) is 11.4 Å². The van der Waals surface area contributed by atoms with Gasteiger partial charge in [-0.25, -0.2) is 4.68 Å². The number of aryl methyl sites for hydroxylation is 1. The van der Waals surface area contributed by atoms with Crippen LogP contribution in [0.3, 0.4) is 0 Å². The van der Waals surface area contributed by atoms with Gasteiger partial charge < -0.3 is 5.32 Å². The van der Waals surface area contributed by atoms with Gasteiger partial charge in [-0.05, 0) is 44.0 Å². The maximum Gasteiger partial charge on any atom is 0.259 e. The van der Waals surface area contributed by atoms with Crippen molar-refractivity contribution >= 4 is 17.4 Å². The number of carbonyl (C=O) groups excluding carboxylic acids is 2. The second kappa shape index (κ2) is 7.58. The first-order valence-electron chi connectivity index (χ1n) is 8.94. The minimum absolute atomic E-state index is 0.0406. The molecule has 0 saturated heterocycles. The lowest BCUT2D eigenvalue weighted by atomic mass is 10.0. The average molecular weight is 361 g/mol. The molecule has 0 fully saturated rings. The molecule has 0 saturated carbocycles. The summed E-state index contributed by atoms with van der Waals surface area (Å²) < 4.78 is 1.81. The molecule has 0 aliphatic rings. The Balaban J connectivity index is 1.94. The highest BCUT2D eigenvalue weighted by Gasteiger charge is 2.21. The van der Waals surface area contributed by atoms with E-state index in [0.29, 0.717) is 16.8 Å². The first-order valence-corrected chi connectivity index (χ1v) is 8.94. The zero-order valence-electron chi connectivity index (χ0n) is 16.0. The van der Waals surface area contributed by atoms with Crippen molar-refractivity contribution in [3.8, 4) is 5.69 Å². The van der Waals surface area contributed by atoms with E-state index < -0.39 is 0 Å². The largest absolute Gasteiger partial charge is 0.322 e. The van der Waals surface area contributed by atoms with Crippen molar-refractivity contribution in [2.45, 2.75) is 33.6 Å². The number of hydrogen-bond acceptors (Lipinski definition) is 3. The van der Waals surface area contributed by atoms with Gasteiger partial charge in [0.1, 0.15) is 0 Å². The van der Waals surface area contributed by atoms with E-state index in [4.69, 9.17) is 0 Å². The predicted molar refractivity (Wildman–Crippen MR) is 107 cm³/mol. The van der Waals surface area contributed by atoms with E-state index in [-0.39, 0.29) is 17.6 Å². The lowest BCUT2D eigenvalue weighted by molar-refractivity contribution is 0.101. The molecule has 5 heteroatoms. The fourth-order valence-corrected chi connectivity index (χ4v) is 2.99. The summed E-state index contributed by atoms with van der Waals surface area (Å²) in [5.41, 5.74) is 4.61. The van der Waals surface area contributed by atoms with Crippen molar-refractivity contribution in [3.05, 3.63) is 77.1 Å². The number of Topliss-reactive ketones (excluding diaryl/α,β-unsaturated/α-hetero) is 1. The second-order valence-electron chi connectivity index (χ2n) is 6.94. The molecule has 5 nitrogen and oxygen atoms in total. The minimum atomic E-state index is -0.238. The number of aromatic nitrogens is 2. The standard InChI is InChI=1S/C22H23N3O2/c1-14(2)21-20(13-23-25(21)19-10-8-15(3)9-11-19)22(27)24-18-7-5-6-17(12-18)16(4)26/h5-14H,1-4H3,(H,24,27). The molecule has 1 amide bonds. The van der Waals surface area contributed by atoms with E-state index in [1.165, 1.54) is 12.5 Å². The number of amides is 1. The molecule has 0 bridgehead atoms. The van der Waals surface area contributed by atoms with Crippen LogP contribution in [-0.4, -0.2) is 21.5 Å². The van der Waals surface area contributed by atoms with Crippen molar-refractivity contribution in [1.82, 2.24) is 9.78 Å². The van der Waals surface area contributed by atoms with Gasteiger partial charge in [0.05, 0.1) is 23.1 Å².